The van der Waals surface area contributed by atoms with Gasteiger partial charge in [-0.2, -0.15) is 13.2 Å². The number of aromatic nitrogens is 1. The van der Waals surface area contributed by atoms with Crippen molar-refractivity contribution in [3.8, 4) is 0 Å². The van der Waals surface area contributed by atoms with Crippen molar-refractivity contribution < 1.29 is 17.6 Å². The molecule has 2 nitrogen and oxygen atoms in total. The first kappa shape index (κ1) is 15.9. The Morgan fingerprint density at radius 3 is 2.57 bits per heavy atom. The third kappa shape index (κ3) is 3.79. The number of hydrogen-bond donors (Lipinski definition) is 1. The van der Waals surface area contributed by atoms with Crippen LogP contribution >= 0.6 is 11.3 Å². The maximum atomic E-state index is 13.4. The number of halogens is 4. The summed E-state index contributed by atoms with van der Waals surface area (Å²) in [4.78, 5) is 4.24. The average molecular weight is 318 g/mol. The predicted molar refractivity (Wildman–Crippen MR) is 73.8 cm³/mol. The van der Waals surface area contributed by atoms with Crippen molar-refractivity contribution in [2.45, 2.75) is 25.6 Å². The molecule has 7 heteroatoms. The lowest BCUT2D eigenvalue weighted by Gasteiger charge is -2.20. The first-order chi connectivity index (χ1) is 9.81. The zero-order valence-corrected chi connectivity index (χ0v) is 12.3. The second-order valence-corrected chi connectivity index (χ2v) is 5.60. The standard InChI is InChI=1S/C14H14F4N2S/c1-8-7-21-13(20-8)6-12(19-2)10-5-9(15)3-4-11(10)14(16,17)18/h3-5,7,12,19H,6H2,1-2H3. The van der Waals surface area contributed by atoms with Gasteiger partial charge in [-0.05, 0) is 37.7 Å². The molecule has 1 atom stereocenters. The molecular weight excluding hydrogens is 304 g/mol. The average Bonchev–Trinajstić information content (AvgIpc) is 2.80. The van der Waals surface area contributed by atoms with Crippen LogP contribution < -0.4 is 5.32 Å². The lowest BCUT2D eigenvalue weighted by atomic mass is 9.97. The SMILES string of the molecule is CNC(Cc1nc(C)cs1)c1cc(F)ccc1C(F)(F)F. The third-order valence-corrected chi connectivity index (χ3v) is 4.08. The summed E-state index contributed by atoms with van der Waals surface area (Å²) < 4.78 is 52.5. The van der Waals surface area contributed by atoms with E-state index in [9.17, 15) is 17.6 Å². The van der Waals surface area contributed by atoms with Gasteiger partial charge in [0.25, 0.3) is 0 Å². The van der Waals surface area contributed by atoms with E-state index in [1.165, 1.54) is 11.3 Å². The molecule has 0 saturated heterocycles. The molecule has 0 bridgehead atoms. The van der Waals surface area contributed by atoms with Crippen molar-refractivity contribution >= 4 is 11.3 Å². The van der Waals surface area contributed by atoms with E-state index in [0.717, 1.165) is 23.9 Å². The van der Waals surface area contributed by atoms with E-state index in [4.69, 9.17) is 0 Å². The first-order valence-corrected chi connectivity index (χ1v) is 7.14. The Balaban J connectivity index is 2.39. The number of benzene rings is 1. The Morgan fingerprint density at radius 1 is 1.33 bits per heavy atom. The van der Waals surface area contributed by atoms with E-state index in [2.05, 4.69) is 10.3 Å². The van der Waals surface area contributed by atoms with Crippen LogP contribution in [0.3, 0.4) is 0 Å². The van der Waals surface area contributed by atoms with Gasteiger partial charge >= 0.3 is 6.18 Å². The molecule has 0 saturated carbocycles. The number of hydrogen-bond acceptors (Lipinski definition) is 3. The zero-order chi connectivity index (χ0) is 15.6. The van der Waals surface area contributed by atoms with Crippen LogP contribution in [0, 0.1) is 12.7 Å². The zero-order valence-electron chi connectivity index (χ0n) is 11.5. The Bertz CT molecular complexity index is 622. The lowest BCUT2D eigenvalue weighted by Crippen LogP contribution is -2.23. The van der Waals surface area contributed by atoms with Crippen LogP contribution in [0.4, 0.5) is 17.6 Å². The van der Waals surface area contributed by atoms with E-state index in [1.807, 2.05) is 12.3 Å². The Hall–Kier alpha value is -1.47. The highest BCUT2D eigenvalue weighted by Crippen LogP contribution is 2.36. The number of likely N-dealkylation sites (N-methyl/N-ethyl adjacent to an activating group) is 1. The Labute approximate surface area is 123 Å². The molecule has 0 amide bonds. The van der Waals surface area contributed by atoms with Gasteiger partial charge in [0.05, 0.1) is 10.6 Å². The largest absolute Gasteiger partial charge is 0.416 e. The van der Waals surface area contributed by atoms with Gasteiger partial charge in [0.15, 0.2) is 0 Å². The van der Waals surface area contributed by atoms with E-state index >= 15 is 0 Å². The summed E-state index contributed by atoms with van der Waals surface area (Å²) >= 11 is 1.38. The minimum Gasteiger partial charge on any atom is -0.313 e. The second-order valence-electron chi connectivity index (χ2n) is 4.66. The number of nitrogens with one attached hydrogen (secondary N) is 1. The summed E-state index contributed by atoms with van der Waals surface area (Å²) in [5, 5.41) is 5.36. The molecule has 0 aliphatic heterocycles. The van der Waals surface area contributed by atoms with Crippen molar-refractivity contribution in [3.05, 3.63) is 51.2 Å². The fourth-order valence-electron chi connectivity index (χ4n) is 2.12. The Morgan fingerprint density at radius 2 is 2.05 bits per heavy atom. The van der Waals surface area contributed by atoms with Crippen LogP contribution in [0.25, 0.3) is 0 Å². The third-order valence-electron chi connectivity index (χ3n) is 3.09. The molecule has 0 aliphatic rings. The van der Waals surface area contributed by atoms with Crippen LogP contribution in [0.5, 0.6) is 0 Å². The number of thiazole rings is 1. The predicted octanol–water partition coefficient (Wildman–Crippen LogP) is 4.11. The van der Waals surface area contributed by atoms with Crippen molar-refractivity contribution in [1.29, 1.82) is 0 Å². The fourth-order valence-corrected chi connectivity index (χ4v) is 2.94. The van der Waals surface area contributed by atoms with Gasteiger partial charge < -0.3 is 5.32 Å². The van der Waals surface area contributed by atoms with Gasteiger partial charge in [0.2, 0.25) is 0 Å². The number of rotatable bonds is 4. The van der Waals surface area contributed by atoms with Crippen LogP contribution in [0.2, 0.25) is 0 Å². The van der Waals surface area contributed by atoms with Gasteiger partial charge in [-0.15, -0.1) is 11.3 Å². The normalized spacial score (nSPS) is 13.4. The van der Waals surface area contributed by atoms with Crippen LogP contribution in [-0.2, 0) is 12.6 Å². The molecule has 114 valence electrons. The Kier molecular flexibility index (Phi) is 4.63. The smallest absolute Gasteiger partial charge is 0.313 e. The van der Waals surface area contributed by atoms with E-state index in [1.54, 1.807) is 7.05 Å². The molecule has 1 aromatic carbocycles. The summed E-state index contributed by atoms with van der Waals surface area (Å²) in [6.07, 6.45) is -4.24. The van der Waals surface area contributed by atoms with Crippen LogP contribution in [0.15, 0.2) is 23.6 Å². The highest BCUT2D eigenvalue weighted by atomic mass is 32.1. The summed E-state index contributed by atoms with van der Waals surface area (Å²) in [5.74, 6) is -0.687. The maximum absolute atomic E-state index is 13.4. The number of nitrogens with zero attached hydrogens (tertiary/aromatic N) is 1. The molecule has 0 spiro atoms. The molecule has 1 heterocycles. The molecule has 0 fully saturated rings. The minimum absolute atomic E-state index is 0.0992. The van der Waals surface area contributed by atoms with Crippen molar-refractivity contribution in [1.82, 2.24) is 10.3 Å². The summed E-state index contributed by atoms with van der Waals surface area (Å²) in [5.41, 5.74) is -0.102. The molecule has 0 radical (unpaired) electrons. The van der Waals surface area contributed by atoms with E-state index in [0.29, 0.717) is 5.01 Å². The summed E-state index contributed by atoms with van der Waals surface area (Å²) in [6, 6.07) is 1.89. The van der Waals surface area contributed by atoms with Gasteiger partial charge in [-0.3, -0.25) is 0 Å². The molecule has 2 aromatic rings. The van der Waals surface area contributed by atoms with E-state index < -0.39 is 23.6 Å². The first-order valence-electron chi connectivity index (χ1n) is 6.26. The van der Waals surface area contributed by atoms with Gasteiger partial charge in [0.1, 0.15) is 5.82 Å². The van der Waals surface area contributed by atoms with Crippen molar-refractivity contribution in [2.24, 2.45) is 0 Å². The second kappa shape index (κ2) is 6.11. The van der Waals surface area contributed by atoms with Gasteiger partial charge in [-0.25, -0.2) is 9.37 Å². The topological polar surface area (TPSA) is 24.9 Å². The van der Waals surface area contributed by atoms with E-state index in [-0.39, 0.29) is 12.0 Å². The molecular formula is C14H14F4N2S. The molecule has 1 unspecified atom stereocenters. The van der Waals surface area contributed by atoms with Gasteiger partial charge in [0, 0.05) is 23.5 Å². The van der Waals surface area contributed by atoms with Crippen molar-refractivity contribution in [3.63, 3.8) is 0 Å². The molecule has 0 aliphatic carbocycles. The lowest BCUT2D eigenvalue weighted by molar-refractivity contribution is -0.138. The molecule has 2 rings (SSSR count). The number of alkyl halides is 3. The molecule has 21 heavy (non-hydrogen) atoms. The van der Waals surface area contributed by atoms with Crippen molar-refractivity contribution in [2.75, 3.05) is 7.05 Å². The van der Waals surface area contributed by atoms with Gasteiger partial charge in [-0.1, -0.05) is 0 Å². The minimum atomic E-state index is -4.52. The monoisotopic (exact) mass is 318 g/mol. The highest BCUT2D eigenvalue weighted by Gasteiger charge is 2.35. The highest BCUT2D eigenvalue weighted by molar-refractivity contribution is 7.09. The van der Waals surface area contributed by atoms with Crippen LogP contribution in [0.1, 0.15) is 27.9 Å². The summed E-state index contributed by atoms with van der Waals surface area (Å²) in [6.45, 7) is 1.82. The summed E-state index contributed by atoms with van der Waals surface area (Å²) in [7, 11) is 1.55. The molecule has 1 aromatic heterocycles. The maximum Gasteiger partial charge on any atom is 0.416 e. The number of aryl methyl sites for hydroxylation is 1. The fraction of sp³-hybridized carbons (Fsp3) is 0.357. The molecule has 1 N–H and O–H groups in total. The van der Waals surface area contributed by atoms with Crippen LogP contribution in [-0.4, -0.2) is 12.0 Å². The quantitative estimate of drug-likeness (QED) is 0.858.